The van der Waals surface area contributed by atoms with E-state index in [0.717, 1.165) is 29.2 Å². The molecule has 0 aliphatic carbocycles. The summed E-state index contributed by atoms with van der Waals surface area (Å²) < 4.78 is 10.8. The Morgan fingerprint density at radius 3 is 2.39 bits per heavy atom. The number of likely N-dealkylation sites (tertiary alicyclic amines) is 1. The number of nitrogens with zero attached hydrogens (tertiary/aromatic N) is 1. The van der Waals surface area contributed by atoms with Gasteiger partial charge in [0.1, 0.15) is 0 Å². The van der Waals surface area contributed by atoms with Gasteiger partial charge in [-0.2, -0.15) is 0 Å². The van der Waals surface area contributed by atoms with Gasteiger partial charge in [0, 0.05) is 24.7 Å². The SMILES string of the molecule is COc1ccccc1OCC(=O)NC1CCN(C(=O)c2cccc3ccccc23)CC1. The number of benzene rings is 3. The first-order valence-corrected chi connectivity index (χ1v) is 10.5. The van der Waals surface area contributed by atoms with E-state index in [0.29, 0.717) is 24.6 Å². The van der Waals surface area contributed by atoms with E-state index in [1.807, 2.05) is 59.5 Å². The quantitative estimate of drug-likeness (QED) is 0.664. The summed E-state index contributed by atoms with van der Waals surface area (Å²) in [6.45, 7) is 1.15. The molecule has 4 rings (SSSR count). The van der Waals surface area contributed by atoms with Crippen LogP contribution in [-0.4, -0.2) is 49.6 Å². The molecule has 0 saturated carbocycles. The van der Waals surface area contributed by atoms with Crippen LogP contribution in [-0.2, 0) is 4.79 Å². The van der Waals surface area contributed by atoms with Gasteiger partial charge in [-0.3, -0.25) is 9.59 Å². The average Bonchev–Trinajstić information content (AvgIpc) is 2.82. The maximum atomic E-state index is 13.1. The molecule has 3 aromatic carbocycles. The van der Waals surface area contributed by atoms with Crippen LogP contribution in [0.5, 0.6) is 11.5 Å². The van der Waals surface area contributed by atoms with E-state index in [1.54, 1.807) is 19.2 Å². The van der Waals surface area contributed by atoms with Crippen molar-refractivity contribution in [2.24, 2.45) is 0 Å². The number of fused-ring (bicyclic) bond motifs is 1. The molecule has 0 atom stereocenters. The zero-order valence-electron chi connectivity index (χ0n) is 17.5. The molecule has 0 unspecified atom stereocenters. The van der Waals surface area contributed by atoms with E-state index in [-0.39, 0.29) is 24.5 Å². The van der Waals surface area contributed by atoms with Crippen molar-refractivity contribution in [3.8, 4) is 11.5 Å². The standard InChI is InChI=1S/C25H26N2O4/c1-30-22-11-4-5-12-23(22)31-17-24(28)26-19-13-15-27(16-14-19)25(29)21-10-6-8-18-7-2-3-9-20(18)21/h2-12,19H,13-17H2,1H3,(H,26,28). The van der Waals surface area contributed by atoms with Crippen LogP contribution < -0.4 is 14.8 Å². The Morgan fingerprint density at radius 2 is 1.61 bits per heavy atom. The predicted molar refractivity (Wildman–Crippen MR) is 120 cm³/mol. The second-order valence-electron chi connectivity index (χ2n) is 7.60. The molecule has 1 aliphatic rings. The molecule has 0 aromatic heterocycles. The maximum absolute atomic E-state index is 13.1. The molecule has 6 heteroatoms. The van der Waals surface area contributed by atoms with Crippen molar-refractivity contribution < 1.29 is 19.1 Å². The van der Waals surface area contributed by atoms with Gasteiger partial charge in [0.25, 0.3) is 11.8 Å². The van der Waals surface area contributed by atoms with Crippen molar-refractivity contribution in [1.82, 2.24) is 10.2 Å². The maximum Gasteiger partial charge on any atom is 0.258 e. The van der Waals surface area contributed by atoms with Crippen LogP contribution in [0, 0.1) is 0 Å². The van der Waals surface area contributed by atoms with E-state index in [4.69, 9.17) is 9.47 Å². The Kier molecular flexibility index (Phi) is 6.36. The third kappa shape index (κ3) is 4.79. The van der Waals surface area contributed by atoms with Crippen molar-refractivity contribution in [1.29, 1.82) is 0 Å². The molecule has 1 saturated heterocycles. The molecule has 1 fully saturated rings. The molecule has 6 nitrogen and oxygen atoms in total. The highest BCUT2D eigenvalue weighted by atomic mass is 16.5. The summed E-state index contributed by atoms with van der Waals surface area (Å²) in [7, 11) is 1.57. The lowest BCUT2D eigenvalue weighted by molar-refractivity contribution is -0.124. The van der Waals surface area contributed by atoms with Crippen LogP contribution in [0.4, 0.5) is 0 Å². The number of hydrogen-bond acceptors (Lipinski definition) is 4. The number of carbonyl (C=O) groups is 2. The van der Waals surface area contributed by atoms with Gasteiger partial charge < -0.3 is 19.7 Å². The normalized spacial score (nSPS) is 14.3. The molecular weight excluding hydrogens is 392 g/mol. The van der Waals surface area contributed by atoms with E-state index in [2.05, 4.69) is 5.32 Å². The van der Waals surface area contributed by atoms with Crippen LogP contribution in [0.1, 0.15) is 23.2 Å². The Balaban J connectivity index is 1.29. The van der Waals surface area contributed by atoms with Gasteiger partial charge in [-0.15, -0.1) is 0 Å². The number of para-hydroxylation sites is 2. The van der Waals surface area contributed by atoms with Gasteiger partial charge >= 0.3 is 0 Å². The van der Waals surface area contributed by atoms with E-state index in [1.165, 1.54) is 0 Å². The second kappa shape index (κ2) is 9.51. The fraction of sp³-hybridized carbons (Fsp3) is 0.280. The lowest BCUT2D eigenvalue weighted by Crippen LogP contribution is -2.47. The third-order valence-corrected chi connectivity index (χ3v) is 5.60. The van der Waals surface area contributed by atoms with Crippen molar-refractivity contribution in [2.75, 3.05) is 26.8 Å². The van der Waals surface area contributed by atoms with Gasteiger partial charge in [0.2, 0.25) is 0 Å². The first-order chi connectivity index (χ1) is 15.2. The van der Waals surface area contributed by atoms with E-state index in [9.17, 15) is 9.59 Å². The number of hydrogen-bond donors (Lipinski definition) is 1. The van der Waals surface area contributed by atoms with Gasteiger partial charge in [-0.05, 0) is 41.8 Å². The molecule has 3 aromatic rings. The molecule has 1 N–H and O–H groups in total. The number of carbonyl (C=O) groups excluding carboxylic acids is 2. The second-order valence-corrected chi connectivity index (χ2v) is 7.60. The molecule has 0 bridgehead atoms. The fourth-order valence-corrected chi connectivity index (χ4v) is 3.96. The topological polar surface area (TPSA) is 67.9 Å². The molecule has 0 spiro atoms. The third-order valence-electron chi connectivity index (χ3n) is 5.60. The summed E-state index contributed by atoms with van der Waals surface area (Å²) in [5.41, 5.74) is 0.728. The van der Waals surface area contributed by atoms with Crippen LogP contribution >= 0.6 is 0 Å². The minimum atomic E-state index is -0.176. The summed E-state index contributed by atoms with van der Waals surface area (Å²) in [5.74, 6) is 0.997. The number of rotatable bonds is 6. The highest BCUT2D eigenvalue weighted by molar-refractivity contribution is 6.07. The van der Waals surface area contributed by atoms with Crippen LogP contribution in [0.2, 0.25) is 0 Å². The predicted octanol–water partition coefficient (Wildman–Crippen LogP) is 3.65. The van der Waals surface area contributed by atoms with E-state index < -0.39 is 0 Å². The monoisotopic (exact) mass is 418 g/mol. The van der Waals surface area contributed by atoms with Gasteiger partial charge in [-0.1, -0.05) is 48.5 Å². The molecular formula is C25H26N2O4. The molecule has 2 amide bonds. The Labute approximate surface area is 181 Å². The van der Waals surface area contributed by atoms with Gasteiger partial charge in [0.05, 0.1) is 7.11 Å². The molecule has 1 heterocycles. The summed E-state index contributed by atoms with van der Waals surface area (Å²) in [6.07, 6.45) is 1.44. The molecule has 160 valence electrons. The molecule has 0 radical (unpaired) electrons. The van der Waals surface area contributed by atoms with Crippen molar-refractivity contribution in [2.45, 2.75) is 18.9 Å². The van der Waals surface area contributed by atoms with Crippen LogP contribution in [0.3, 0.4) is 0 Å². The summed E-state index contributed by atoms with van der Waals surface area (Å²) in [5, 5.41) is 5.04. The number of methoxy groups -OCH3 is 1. The minimum Gasteiger partial charge on any atom is -0.493 e. The minimum absolute atomic E-state index is 0.0327. The van der Waals surface area contributed by atoms with E-state index >= 15 is 0 Å². The highest BCUT2D eigenvalue weighted by Gasteiger charge is 2.25. The van der Waals surface area contributed by atoms with Crippen LogP contribution in [0.15, 0.2) is 66.7 Å². The number of nitrogens with one attached hydrogen (secondary N) is 1. The Hall–Kier alpha value is -3.54. The van der Waals surface area contributed by atoms with Crippen molar-refractivity contribution in [3.63, 3.8) is 0 Å². The summed E-state index contributed by atoms with van der Waals surface area (Å²) in [4.78, 5) is 27.2. The van der Waals surface area contributed by atoms with Crippen molar-refractivity contribution >= 4 is 22.6 Å². The average molecular weight is 418 g/mol. The van der Waals surface area contributed by atoms with Gasteiger partial charge in [-0.25, -0.2) is 0 Å². The number of piperidine rings is 1. The van der Waals surface area contributed by atoms with Crippen LogP contribution in [0.25, 0.3) is 10.8 Å². The van der Waals surface area contributed by atoms with Gasteiger partial charge in [0.15, 0.2) is 18.1 Å². The smallest absolute Gasteiger partial charge is 0.258 e. The van der Waals surface area contributed by atoms with Crippen molar-refractivity contribution in [3.05, 3.63) is 72.3 Å². The first kappa shape index (κ1) is 20.7. The molecule has 1 aliphatic heterocycles. The largest absolute Gasteiger partial charge is 0.493 e. The summed E-state index contributed by atoms with van der Waals surface area (Å²) in [6, 6.07) is 21.0. The number of amides is 2. The lowest BCUT2D eigenvalue weighted by atomic mass is 10.0. The lowest BCUT2D eigenvalue weighted by Gasteiger charge is -2.32. The molecule has 31 heavy (non-hydrogen) atoms. The zero-order chi connectivity index (χ0) is 21.6. The Morgan fingerprint density at radius 1 is 0.935 bits per heavy atom. The fourth-order valence-electron chi connectivity index (χ4n) is 3.96. The Bertz CT molecular complexity index is 1070. The summed E-state index contributed by atoms with van der Waals surface area (Å²) >= 11 is 0. The first-order valence-electron chi connectivity index (χ1n) is 10.5. The highest BCUT2D eigenvalue weighted by Crippen LogP contribution is 2.25. The zero-order valence-corrected chi connectivity index (χ0v) is 17.5. The number of ether oxygens (including phenoxy) is 2.